The third-order valence-electron chi connectivity index (χ3n) is 2.76. The van der Waals surface area contributed by atoms with Crippen molar-refractivity contribution in [3.8, 4) is 0 Å². The van der Waals surface area contributed by atoms with E-state index in [0.29, 0.717) is 5.56 Å². The van der Waals surface area contributed by atoms with Gasteiger partial charge in [-0.2, -0.15) is 0 Å². The van der Waals surface area contributed by atoms with Crippen LogP contribution in [0.3, 0.4) is 0 Å². The molecule has 1 rings (SSSR count). The summed E-state index contributed by atoms with van der Waals surface area (Å²) in [6.07, 6.45) is 0. The molecule has 10 heteroatoms. The average molecular weight is 325 g/mol. The van der Waals surface area contributed by atoms with Crippen LogP contribution in [0.2, 0.25) is 0 Å². The topological polar surface area (TPSA) is 125 Å². The van der Waals surface area contributed by atoms with Gasteiger partial charge in [-0.1, -0.05) is 30.3 Å². The SMILES string of the molecule is COP(=O)(OC)C(N)(C(=O)O)C(=O)OCc1ccccc1.[H-].[Li+]. The van der Waals surface area contributed by atoms with Crippen LogP contribution >= 0.6 is 7.60 Å². The van der Waals surface area contributed by atoms with Gasteiger partial charge in [0.2, 0.25) is 0 Å². The fourth-order valence-electron chi connectivity index (χ4n) is 1.51. The van der Waals surface area contributed by atoms with Gasteiger partial charge in [-0.25, -0.2) is 9.59 Å². The molecule has 0 saturated carbocycles. The molecule has 0 aliphatic carbocycles. The quantitative estimate of drug-likeness (QED) is 0.257. The van der Waals surface area contributed by atoms with Gasteiger partial charge in [-0.15, -0.1) is 0 Å². The Morgan fingerprint density at radius 3 is 2.18 bits per heavy atom. The van der Waals surface area contributed by atoms with Gasteiger partial charge in [0.25, 0.3) is 0 Å². The van der Waals surface area contributed by atoms with E-state index in [2.05, 4.69) is 9.05 Å². The van der Waals surface area contributed by atoms with E-state index < -0.39 is 24.8 Å². The Labute approximate surface area is 141 Å². The number of aliphatic carboxylic acids is 1. The van der Waals surface area contributed by atoms with Crippen LogP contribution in [0.4, 0.5) is 0 Å². The first-order valence-electron chi connectivity index (χ1n) is 5.77. The van der Waals surface area contributed by atoms with Gasteiger partial charge in [-0.3, -0.25) is 10.3 Å². The van der Waals surface area contributed by atoms with E-state index in [-0.39, 0.29) is 26.9 Å². The van der Waals surface area contributed by atoms with Gasteiger partial charge < -0.3 is 20.3 Å². The molecule has 8 nitrogen and oxygen atoms in total. The van der Waals surface area contributed by atoms with E-state index >= 15 is 0 Å². The molecule has 22 heavy (non-hydrogen) atoms. The predicted octanol–water partition coefficient (Wildman–Crippen LogP) is -1.93. The number of esters is 1. The van der Waals surface area contributed by atoms with Crippen molar-refractivity contribution in [3.05, 3.63) is 35.9 Å². The van der Waals surface area contributed by atoms with Crippen molar-refractivity contribution in [2.24, 2.45) is 5.73 Å². The van der Waals surface area contributed by atoms with Gasteiger partial charge in [0.05, 0.1) is 0 Å². The minimum atomic E-state index is -4.43. The molecule has 0 radical (unpaired) electrons. The second kappa shape index (κ2) is 8.49. The molecule has 0 spiro atoms. The number of carboxylic acid groups (broad SMARTS) is 1. The minimum Gasteiger partial charge on any atom is -1.00 e. The minimum absolute atomic E-state index is 0. The Morgan fingerprint density at radius 1 is 1.27 bits per heavy atom. The fraction of sp³-hybridized carbons (Fsp3) is 0.333. The second-order valence-corrected chi connectivity index (χ2v) is 6.43. The van der Waals surface area contributed by atoms with Crippen LogP contribution in [0.1, 0.15) is 6.99 Å². The van der Waals surface area contributed by atoms with Crippen LogP contribution in [0.15, 0.2) is 30.3 Å². The van der Waals surface area contributed by atoms with Crippen molar-refractivity contribution in [3.63, 3.8) is 0 Å². The van der Waals surface area contributed by atoms with E-state index in [0.717, 1.165) is 14.2 Å². The van der Waals surface area contributed by atoms with E-state index in [9.17, 15) is 14.2 Å². The Balaban J connectivity index is 0. The molecule has 0 fully saturated rings. The summed E-state index contributed by atoms with van der Waals surface area (Å²) in [5.74, 6) is -3.28. The molecule has 0 heterocycles. The molecule has 1 aromatic carbocycles. The molecule has 0 aliphatic heterocycles. The number of carboxylic acids is 1. The van der Waals surface area contributed by atoms with Gasteiger partial charge in [0.1, 0.15) is 6.61 Å². The molecule has 1 unspecified atom stereocenters. The summed E-state index contributed by atoms with van der Waals surface area (Å²) in [4.78, 5) is 23.3. The third-order valence-corrected chi connectivity index (χ3v) is 4.96. The molecule has 118 valence electrons. The van der Waals surface area contributed by atoms with Crippen molar-refractivity contribution in [1.82, 2.24) is 0 Å². The molecule has 0 amide bonds. The number of hydrogen-bond donors (Lipinski definition) is 2. The summed E-state index contributed by atoms with van der Waals surface area (Å²) in [5, 5.41) is 6.20. The number of ether oxygens (including phenoxy) is 1. The Hall–Kier alpha value is -1.13. The maximum atomic E-state index is 12.2. The molecular formula is C12H17LiNO7P. The Kier molecular flexibility index (Phi) is 8.05. The van der Waals surface area contributed by atoms with Crippen molar-refractivity contribution >= 4 is 19.5 Å². The normalized spacial score (nSPS) is 13.6. The monoisotopic (exact) mass is 325 g/mol. The van der Waals surface area contributed by atoms with E-state index in [1.807, 2.05) is 0 Å². The summed E-state index contributed by atoms with van der Waals surface area (Å²) in [6, 6.07) is 8.52. The van der Waals surface area contributed by atoms with Crippen LogP contribution in [0.5, 0.6) is 0 Å². The van der Waals surface area contributed by atoms with Crippen molar-refractivity contribution in [2.45, 2.75) is 11.9 Å². The number of nitrogens with two attached hydrogens (primary N) is 1. The molecular weight excluding hydrogens is 308 g/mol. The number of hydrogen-bond acceptors (Lipinski definition) is 7. The van der Waals surface area contributed by atoms with Gasteiger partial charge in [0, 0.05) is 14.2 Å². The summed E-state index contributed by atoms with van der Waals surface area (Å²) in [5.41, 5.74) is 6.07. The first-order chi connectivity index (χ1) is 9.81. The number of rotatable bonds is 7. The summed E-state index contributed by atoms with van der Waals surface area (Å²) < 4.78 is 26.1. The zero-order valence-electron chi connectivity index (χ0n) is 13.5. The maximum absolute atomic E-state index is 12.2. The zero-order chi connectivity index (χ0) is 16.1. The summed E-state index contributed by atoms with van der Waals surface area (Å²) in [7, 11) is -2.57. The van der Waals surface area contributed by atoms with Crippen molar-refractivity contribution < 1.29 is 53.3 Å². The summed E-state index contributed by atoms with van der Waals surface area (Å²) >= 11 is 0. The van der Waals surface area contributed by atoms with Crippen LogP contribution < -0.4 is 24.6 Å². The van der Waals surface area contributed by atoms with Gasteiger partial charge in [-0.05, 0) is 5.56 Å². The van der Waals surface area contributed by atoms with E-state index in [1.165, 1.54) is 0 Å². The van der Waals surface area contributed by atoms with Crippen molar-refractivity contribution in [2.75, 3.05) is 14.2 Å². The predicted molar refractivity (Wildman–Crippen MR) is 73.5 cm³/mol. The second-order valence-electron chi connectivity index (χ2n) is 4.00. The number of benzene rings is 1. The van der Waals surface area contributed by atoms with Gasteiger partial charge >= 0.3 is 43.7 Å². The number of carbonyl (C=O) groups excluding carboxylic acids is 1. The molecule has 3 N–H and O–H groups in total. The van der Waals surface area contributed by atoms with E-state index in [1.54, 1.807) is 30.3 Å². The van der Waals surface area contributed by atoms with Crippen LogP contribution in [0.25, 0.3) is 0 Å². The van der Waals surface area contributed by atoms with E-state index in [4.69, 9.17) is 15.6 Å². The van der Waals surface area contributed by atoms with Crippen LogP contribution in [-0.4, -0.2) is 36.5 Å². The first kappa shape index (κ1) is 20.9. The Bertz CT molecular complexity index is 566. The molecule has 0 aromatic heterocycles. The van der Waals surface area contributed by atoms with Crippen molar-refractivity contribution in [1.29, 1.82) is 0 Å². The standard InChI is InChI=1S/C12H16NO7P.Li.H/c1-18-21(17,19-2)12(13,10(14)15)11(16)20-8-9-6-4-3-5-7-9;;/h3-7H,8,13H2,1-2H3,(H,14,15);;/q;+1;-1. The first-order valence-corrected chi connectivity index (χ1v) is 7.31. The van der Waals surface area contributed by atoms with Crippen LogP contribution in [0, 0.1) is 0 Å². The zero-order valence-corrected chi connectivity index (χ0v) is 13.4. The molecule has 0 bridgehead atoms. The molecule has 1 atom stereocenters. The third kappa shape index (κ3) is 3.99. The molecule has 0 aliphatic rings. The summed E-state index contributed by atoms with van der Waals surface area (Å²) in [6.45, 7) is -0.223. The van der Waals surface area contributed by atoms with Gasteiger partial charge in [0.15, 0.2) is 0 Å². The maximum Gasteiger partial charge on any atom is 1.00 e. The smallest absolute Gasteiger partial charge is 1.00 e. The Morgan fingerprint density at radius 2 is 1.77 bits per heavy atom. The average Bonchev–Trinajstić information content (AvgIpc) is 2.51. The molecule has 1 aromatic rings. The largest absolute Gasteiger partial charge is 1.00 e. The fourth-order valence-corrected chi connectivity index (χ4v) is 2.76. The van der Waals surface area contributed by atoms with Crippen LogP contribution in [-0.2, 0) is 34.5 Å². The molecule has 0 saturated heterocycles. The number of carbonyl (C=O) groups is 2.